The Balaban J connectivity index is 1.78. The molecule has 2 aromatic carbocycles. The number of carbonyl (C=O) groups excluding carboxylic acids is 1. The van der Waals surface area contributed by atoms with Crippen LogP contribution < -0.4 is 5.32 Å². The second-order valence-corrected chi connectivity index (χ2v) is 5.50. The van der Waals surface area contributed by atoms with Gasteiger partial charge in [0.2, 0.25) is 0 Å². The van der Waals surface area contributed by atoms with Gasteiger partial charge in [-0.1, -0.05) is 11.6 Å². The van der Waals surface area contributed by atoms with Gasteiger partial charge >= 0.3 is 0 Å². The molecule has 1 heterocycles. The van der Waals surface area contributed by atoms with E-state index in [-0.39, 0.29) is 11.7 Å². The molecule has 0 unspecified atom stereocenters. The van der Waals surface area contributed by atoms with Crippen LogP contribution in [0, 0.1) is 12.7 Å². The fourth-order valence-electron chi connectivity index (χ4n) is 2.13. The first-order valence-electron chi connectivity index (χ1n) is 6.92. The average molecular weight is 330 g/mol. The average Bonchev–Trinajstić information content (AvgIpc) is 3.02. The number of rotatable bonds is 3. The Hall–Kier alpha value is -2.66. The number of hydrogen-bond donors (Lipinski definition) is 2. The Morgan fingerprint density at radius 2 is 1.91 bits per heavy atom. The molecule has 1 aromatic heterocycles. The zero-order chi connectivity index (χ0) is 16.4. The lowest BCUT2D eigenvalue weighted by Crippen LogP contribution is -2.12. The number of aryl methyl sites for hydroxylation is 1. The van der Waals surface area contributed by atoms with Gasteiger partial charge in [0.1, 0.15) is 11.5 Å². The number of anilines is 1. The van der Waals surface area contributed by atoms with Crippen LogP contribution in [-0.2, 0) is 0 Å². The molecule has 0 radical (unpaired) electrons. The van der Waals surface area contributed by atoms with Crippen molar-refractivity contribution in [3.63, 3.8) is 0 Å². The minimum Gasteiger partial charge on any atom is -0.321 e. The molecule has 3 aromatic rings. The molecule has 0 aliphatic carbocycles. The summed E-state index contributed by atoms with van der Waals surface area (Å²) in [6, 6.07) is 12.8. The summed E-state index contributed by atoms with van der Waals surface area (Å²) in [5, 5.41) is 10.2. The zero-order valence-electron chi connectivity index (χ0n) is 12.2. The summed E-state index contributed by atoms with van der Waals surface area (Å²) in [6.45, 7) is 1.86. The van der Waals surface area contributed by atoms with Crippen molar-refractivity contribution in [1.82, 2.24) is 10.2 Å². The molecule has 0 aliphatic heterocycles. The Bertz CT molecular complexity index is 859. The van der Waals surface area contributed by atoms with Gasteiger partial charge in [-0.2, -0.15) is 5.10 Å². The molecule has 0 aliphatic rings. The van der Waals surface area contributed by atoms with Crippen molar-refractivity contribution in [2.45, 2.75) is 6.92 Å². The summed E-state index contributed by atoms with van der Waals surface area (Å²) >= 11 is 5.96. The Morgan fingerprint density at radius 3 is 2.61 bits per heavy atom. The van der Waals surface area contributed by atoms with Crippen molar-refractivity contribution >= 4 is 23.2 Å². The Kier molecular flexibility index (Phi) is 4.12. The van der Waals surface area contributed by atoms with E-state index in [1.807, 2.05) is 6.92 Å². The van der Waals surface area contributed by atoms with Crippen molar-refractivity contribution < 1.29 is 9.18 Å². The highest BCUT2D eigenvalue weighted by Gasteiger charge is 2.12. The van der Waals surface area contributed by atoms with E-state index in [9.17, 15) is 9.18 Å². The normalized spacial score (nSPS) is 10.6. The van der Waals surface area contributed by atoms with E-state index < -0.39 is 0 Å². The van der Waals surface area contributed by atoms with Gasteiger partial charge in [0.25, 0.3) is 5.91 Å². The van der Waals surface area contributed by atoms with Crippen molar-refractivity contribution in [2.75, 3.05) is 5.32 Å². The van der Waals surface area contributed by atoms with E-state index in [0.29, 0.717) is 22.1 Å². The third kappa shape index (κ3) is 3.40. The SMILES string of the molecule is Cc1cc(NC(=O)c2cc(-c3ccc(F)cc3)n[nH]2)ccc1Cl. The van der Waals surface area contributed by atoms with Crippen molar-refractivity contribution in [2.24, 2.45) is 0 Å². The summed E-state index contributed by atoms with van der Waals surface area (Å²) in [5.74, 6) is -0.632. The number of halogens is 2. The predicted molar refractivity (Wildman–Crippen MR) is 88.1 cm³/mol. The molecule has 4 nitrogen and oxygen atoms in total. The number of aromatic nitrogens is 2. The first-order chi connectivity index (χ1) is 11.0. The van der Waals surface area contributed by atoms with Gasteiger partial charge in [-0.15, -0.1) is 0 Å². The van der Waals surface area contributed by atoms with Crippen molar-refractivity contribution in [3.05, 3.63) is 70.6 Å². The Morgan fingerprint density at radius 1 is 1.17 bits per heavy atom. The number of hydrogen-bond acceptors (Lipinski definition) is 2. The molecule has 0 fully saturated rings. The first-order valence-corrected chi connectivity index (χ1v) is 7.29. The van der Waals surface area contributed by atoms with Gasteiger partial charge in [-0.3, -0.25) is 9.89 Å². The van der Waals surface area contributed by atoms with Crippen LogP contribution in [0.3, 0.4) is 0 Å². The minimum atomic E-state index is -0.319. The van der Waals surface area contributed by atoms with Gasteiger partial charge in [0.05, 0.1) is 5.69 Å². The molecule has 116 valence electrons. The maximum atomic E-state index is 12.9. The third-order valence-corrected chi connectivity index (χ3v) is 3.80. The molecule has 0 saturated carbocycles. The number of aromatic amines is 1. The molecule has 0 spiro atoms. The lowest BCUT2D eigenvalue weighted by atomic mass is 10.1. The fraction of sp³-hybridized carbons (Fsp3) is 0.0588. The summed E-state index contributed by atoms with van der Waals surface area (Å²) in [6.07, 6.45) is 0. The van der Waals surface area contributed by atoms with Crippen LogP contribution in [0.25, 0.3) is 11.3 Å². The van der Waals surface area contributed by atoms with Gasteiger partial charge in [0.15, 0.2) is 0 Å². The topological polar surface area (TPSA) is 57.8 Å². The lowest BCUT2D eigenvalue weighted by Gasteiger charge is -2.05. The number of amides is 1. The van der Waals surface area contributed by atoms with Crippen LogP contribution in [0.2, 0.25) is 5.02 Å². The van der Waals surface area contributed by atoms with Gasteiger partial charge in [0, 0.05) is 16.3 Å². The maximum Gasteiger partial charge on any atom is 0.273 e. The second-order valence-electron chi connectivity index (χ2n) is 5.09. The van der Waals surface area contributed by atoms with Crippen LogP contribution in [0.5, 0.6) is 0 Å². The minimum absolute atomic E-state index is 0.312. The molecular formula is C17H13ClFN3O. The first kappa shape index (κ1) is 15.2. The predicted octanol–water partition coefficient (Wildman–Crippen LogP) is 4.43. The highest BCUT2D eigenvalue weighted by molar-refractivity contribution is 6.31. The molecule has 1 amide bonds. The summed E-state index contributed by atoms with van der Waals surface area (Å²) in [5.41, 5.74) is 3.14. The molecular weight excluding hydrogens is 317 g/mol. The van der Waals surface area contributed by atoms with Crippen LogP contribution >= 0.6 is 11.6 Å². The molecule has 0 bridgehead atoms. The molecule has 0 saturated heterocycles. The highest BCUT2D eigenvalue weighted by Crippen LogP contribution is 2.21. The van der Waals surface area contributed by atoms with Gasteiger partial charge < -0.3 is 5.32 Å². The number of carbonyl (C=O) groups is 1. The van der Waals surface area contributed by atoms with Crippen LogP contribution in [-0.4, -0.2) is 16.1 Å². The lowest BCUT2D eigenvalue weighted by molar-refractivity contribution is 0.102. The fourth-order valence-corrected chi connectivity index (χ4v) is 2.24. The quantitative estimate of drug-likeness (QED) is 0.746. The molecule has 2 N–H and O–H groups in total. The molecule has 23 heavy (non-hydrogen) atoms. The third-order valence-electron chi connectivity index (χ3n) is 3.38. The van der Waals surface area contributed by atoms with Crippen LogP contribution in [0.4, 0.5) is 10.1 Å². The van der Waals surface area contributed by atoms with E-state index in [2.05, 4.69) is 15.5 Å². The van der Waals surface area contributed by atoms with Crippen molar-refractivity contribution in [1.29, 1.82) is 0 Å². The van der Waals surface area contributed by atoms with Gasteiger partial charge in [-0.25, -0.2) is 4.39 Å². The molecule has 3 rings (SSSR count). The van der Waals surface area contributed by atoms with E-state index in [4.69, 9.17) is 11.6 Å². The standard InChI is InChI=1S/C17H13ClFN3O/c1-10-8-13(6-7-14(10)18)20-17(23)16-9-15(21-22-16)11-2-4-12(19)5-3-11/h2-9H,1H3,(H,20,23)(H,21,22). The maximum absolute atomic E-state index is 12.9. The van der Waals surface area contributed by atoms with E-state index >= 15 is 0 Å². The van der Waals surface area contributed by atoms with E-state index in [1.165, 1.54) is 12.1 Å². The van der Waals surface area contributed by atoms with Gasteiger partial charge in [-0.05, 0) is 61.0 Å². The summed E-state index contributed by atoms with van der Waals surface area (Å²) in [7, 11) is 0. The Labute approximate surface area is 137 Å². The number of nitrogens with zero attached hydrogens (tertiary/aromatic N) is 1. The van der Waals surface area contributed by atoms with Crippen molar-refractivity contribution in [3.8, 4) is 11.3 Å². The summed E-state index contributed by atoms with van der Waals surface area (Å²) < 4.78 is 12.9. The number of H-pyrrole nitrogens is 1. The van der Waals surface area contributed by atoms with Crippen LogP contribution in [0.15, 0.2) is 48.5 Å². The molecule has 6 heteroatoms. The highest BCUT2D eigenvalue weighted by atomic mass is 35.5. The molecule has 0 atom stereocenters. The van der Waals surface area contributed by atoms with E-state index in [0.717, 1.165) is 11.1 Å². The second kappa shape index (κ2) is 6.22. The number of benzene rings is 2. The van der Waals surface area contributed by atoms with E-state index in [1.54, 1.807) is 36.4 Å². The smallest absolute Gasteiger partial charge is 0.273 e. The van der Waals surface area contributed by atoms with Crippen LogP contribution in [0.1, 0.15) is 16.1 Å². The monoisotopic (exact) mass is 329 g/mol. The zero-order valence-corrected chi connectivity index (χ0v) is 13.0. The largest absolute Gasteiger partial charge is 0.321 e. The summed E-state index contributed by atoms with van der Waals surface area (Å²) in [4.78, 5) is 12.2. The number of nitrogens with one attached hydrogen (secondary N) is 2.